The molecule has 1 atom stereocenters. The van der Waals surface area contributed by atoms with Crippen molar-refractivity contribution in [3.8, 4) is 11.5 Å². The minimum absolute atomic E-state index is 0.0441. The summed E-state index contributed by atoms with van der Waals surface area (Å²) in [5.41, 5.74) is 0.0422. The molecule has 0 fully saturated rings. The maximum atomic E-state index is 12.1. The fourth-order valence-electron chi connectivity index (χ4n) is 2.69. The van der Waals surface area contributed by atoms with E-state index in [2.05, 4.69) is 5.32 Å². The SMILES string of the molecule is Cc1c(C(=O)OCC(=O)NC[C@@H]2COc3ccccc3O2)cccc1[N+](=O)[O-]. The second-order valence-corrected chi connectivity index (χ2v) is 6.08. The number of rotatable bonds is 6. The molecule has 0 saturated carbocycles. The molecule has 1 N–H and O–H groups in total. The molecule has 2 aromatic rings. The predicted molar refractivity (Wildman–Crippen MR) is 97.5 cm³/mol. The second kappa shape index (κ2) is 8.38. The summed E-state index contributed by atoms with van der Waals surface area (Å²) < 4.78 is 16.2. The number of nitrogens with zero attached hydrogens (tertiary/aromatic N) is 1. The fourth-order valence-corrected chi connectivity index (χ4v) is 2.69. The fraction of sp³-hybridized carbons (Fsp3) is 0.263. The largest absolute Gasteiger partial charge is 0.486 e. The maximum Gasteiger partial charge on any atom is 0.339 e. The van der Waals surface area contributed by atoms with Crippen molar-refractivity contribution in [3.63, 3.8) is 0 Å². The summed E-state index contributed by atoms with van der Waals surface area (Å²) in [5, 5.41) is 13.5. The highest BCUT2D eigenvalue weighted by atomic mass is 16.6. The Morgan fingerprint density at radius 3 is 2.71 bits per heavy atom. The van der Waals surface area contributed by atoms with E-state index in [0.717, 1.165) is 0 Å². The molecule has 0 unspecified atom stereocenters. The Kier molecular flexibility index (Phi) is 5.73. The van der Waals surface area contributed by atoms with Crippen molar-refractivity contribution in [1.82, 2.24) is 5.32 Å². The van der Waals surface area contributed by atoms with Gasteiger partial charge < -0.3 is 19.5 Å². The van der Waals surface area contributed by atoms with E-state index in [-0.39, 0.29) is 36.1 Å². The number of ether oxygens (including phenoxy) is 3. The van der Waals surface area contributed by atoms with Gasteiger partial charge in [-0.1, -0.05) is 18.2 Å². The van der Waals surface area contributed by atoms with Gasteiger partial charge in [0.1, 0.15) is 12.7 Å². The number of para-hydroxylation sites is 2. The standard InChI is InChI=1S/C19H18N2O7/c1-12-14(5-4-6-15(12)21(24)25)19(23)27-11-18(22)20-9-13-10-26-16-7-2-3-8-17(16)28-13/h2-8,13H,9-11H2,1H3,(H,20,22)/t13-/m1/s1. The molecule has 1 heterocycles. The second-order valence-electron chi connectivity index (χ2n) is 6.08. The van der Waals surface area contributed by atoms with E-state index in [1.54, 1.807) is 12.1 Å². The van der Waals surface area contributed by atoms with Crippen molar-refractivity contribution >= 4 is 17.6 Å². The third-order valence-corrected chi connectivity index (χ3v) is 4.15. The van der Waals surface area contributed by atoms with Gasteiger partial charge in [-0.25, -0.2) is 4.79 Å². The molecule has 28 heavy (non-hydrogen) atoms. The minimum Gasteiger partial charge on any atom is -0.486 e. The highest BCUT2D eigenvalue weighted by molar-refractivity contribution is 5.93. The lowest BCUT2D eigenvalue weighted by Gasteiger charge is -2.26. The summed E-state index contributed by atoms with van der Waals surface area (Å²) in [7, 11) is 0. The van der Waals surface area contributed by atoms with E-state index in [9.17, 15) is 19.7 Å². The van der Waals surface area contributed by atoms with E-state index in [4.69, 9.17) is 14.2 Å². The van der Waals surface area contributed by atoms with Gasteiger partial charge >= 0.3 is 5.97 Å². The summed E-state index contributed by atoms with van der Waals surface area (Å²) in [6.45, 7) is 1.41. The minimum atomic E-state index is -0.803. The van der Waals surface area contributed by atoms with E-state index >= 15 is 0 Å². The number of hydrogen-bond donors (Lipinski definition) is 1. The summed E-state index contributed by atoms with van der Waals surface area (Å²) in [6, 6.07) is 11.3. The first kappa shape index (κ1) is 19.2. The molecule has 1 aliphatic heterocycles. The molecule has 9 heteroatoms. The van der Waals surface area contributed by atoms with E-state index in [1.165, 1.54) is 25.1 Å². The predicted octanol–water partition coefficient (Wildman–Crippen LogP) is 2.02. The molecule has 2 aromatic carbocycles. The molecule has 0 aromatic heterocycles. The van der Waals surface area contributed by atoms with Gasteiger partial charge in [0, 0.05) is 11.6 Å². The van der Waals surface area contributed by atoms with Crippen LogP contribution in [0.15, 0.2) is 42.5 Å². The Balaban J connectivity index is 1.48. The van der Waals surface area contributed by atoms with Crippen LogP contribution in [0, 0.1) is 17.0 Å². The Labute approximate surface area is 160 Å². The van der Waals surface area contributed by atoms with E-state index in [1.807, 2.05) is 12.1 Å². The van der Waals surface area contributed by atoms with Crippen molar-refractivity contribution in [1.29, 1.82) is 0 Å². The van der Waals surface area contributed by atoms with Crippen LogP contribution in [0.4, 0.5) is 5.69 Å². The highest BCUT2D eigenvalue weighted by Crippen LogP contribution is 2.30. The molecule has 0 radical (unpaired) electrons. The number of esters is 1. The highest BCUT2D eigenvalue weighted by Gasteiger charge is 2.22. The van der Waals surface area contributed by atoms with E-state index < -0.39 is 23.4 Å². The molecule has 146 valence electrons. The zero-order valence-electron chi connectivity index (χ0n) is 15.0. The number of carbonyl (C=O) groups is 2. The zero-order chi connectivity index (χ0) is 20.1. The van der Waals surface area contributed by atoms with Crippen LogP contribution in [0.1, 0.15) is 15.9 Å². The number of benzene rings is 2. The smallest absolute Gasteiger partial charge is 0.339 e. The maximum absolute atomic E-state index is 12.1. The van der Waals surface area contributed by atoms with Crippen molar-refractivity contribution in [3.05, 3.63) is 63.7 Å². The molecular formula is C19H18N2O7. The topological polar surface area (TPSA) is 117 Å². The van der Waals surface area contributed by atoms with Gasteiger partial charge in [-0.15, -0.1) is 0 Å². The number of nitro groups is 1. The van der Waals surface area contributed by atoms with Crippen LogP contribution in [-0.2, 0) is 9.53 Å². The number of fused-ring (bicyclic) bond motifs is 1. The summed E-state index contributed by atoms with van der Waals surface area (Å²) in [4.78, 5) is 34.4. The monoisotopic (exact) mass is 386 g/mol. The van der Waals surface area contributed by atoms with Crippen molar-refractivity contribution in [2.75, 3.05) is 19.8 Å². The normalized spacial score (nSPS) is 14.8. The number of carbonyl (C=O) groups excluding carboxylic acids is 2. The van der Waals surface area contributed by atoms with Crippen LogP contribution in [0.5, 0.6) is 11.5 Å². The molecule has 1 amide bonds. The van der Waals surface area contributed by atoms with Crippen molar-refractivity contribution in [2.24, 2.45) is 0 Å². The Hall–Kier alpha value is -3.62. The van der Waals surface area contributed by atoms with Gasteiger partial charge in [0.25, 0.3) is 11.6 Å². The Bertz CT molecular complexity index is 913. The van der Waals surface area contributed by atoms with Crippen LogP contribution >= 0.6 is 0 Å². The molecule has 0 bridgehead atoms. The van der Waals surface area contributed by atoms with Gasteiger partial charge in [-0.05, 0) is 25.1 Å². The first-order chi connectivity index (χ1) is 13.5. The van der Waals surface area contributed by atoms with Crippen LogP contribution in [-0.4, -0.2) is 42.7 Å². The average molecular weight is 386 g/mol. The lowest BCUT2D eigenvalue weighted by Crippen LogP contribution is -2.42. The molecule has 1 aliphatic rings. The average Bonchev–Trinajstić information content (AvgIpc) is 2.70. The van der Waals surface area contributed by atoms with Crippen molar-refractivity contribution in [2.45, 2.75) is 13.0 Å². The van der Waals surface area contributed by atoms with Gasteiger partial charge in [-0.2, -0.15) is 0 Å². The van der Waals surface area contributed by atoms with E-state index in [0.29, 0.717) is 11.5 Å². The van der Waals surface area contributed by atoms with Crippen LogP contribution < -0.4 is 14.8 Å². The molecular weight excluding hydrogens is 368 g/mol. The lowest BCUT2D eigenvalue weighted by molar-refractivity contribution is -0.385. The van der Waals surface area contributed by atoms with Gasteiger partial charge in [0.05, 0.1) is 17.0 Å². The molecule has 0 spiro atoms. The number of hydrogen-bond acceptors (Lipinski definition) is 7. The van der Waals surface area contributed by atoms with Crippen LogP contribution in [0.2, 0.25) is 0 Å². The molecule has 0 saturated heterocycles. The Morgan fingerprint density at radius 1 is 1.21 bits per heavy atom. The van der Waals surface area contributed by atoms with Crippen molar-refractivity contribution < 1.29 is 28.7 Å². The summed E-state index contributed by atoms with van der Waals surface area (Å²) in [5.74, 6) is -0.0756. The van der Waals surface area contributed by atoms with Crippen LogP contribution in [0.3, 0.4) is 0 Å². The molecule has 0 aliphatic carbocycles. The molecule has 9 nitrogen and oxygen atoms in total. The van der Waals surface area contributed by atoms with Gasteiger partial charge in [0.15, 0.2) is 18.1 Å². The Morgan fingerprint density at radius 2 is 1.96 bits per heavy atom. The number of amides is 1. The first-order valence-corrected chi connectivity index (χ1v) is 8.52. The lowest BCUT2D eigenvalue weighted by atomic mass is 10.1. The third kappa shape index (κ3) is 4.37. The van der Waals surface area contributed by atoms with Gasteiger partial charge in [0.2, 0.25) is 0 Å². The summed E-state index contributed by atoms with van der Waals surface area (Å²) >= 11 is 0. The number of nitro benzene ring substituents is 1. The number of nitrogens with one attached hydrogen (secondary N) is 1. The third-order valence-electron chi connectivity index (χ3n) is 4.15. The van der Waals surface area contributed by atoms with Gasteiger partial charge in [-0.3, -0.25) is 14.9 Å². The zero-order valence-corrected chi connectivity index (χ0v) is 15.0. The van der Waals surface area contributed by atoms with Crippen LogP contribution in [0.25, 0.3) is 0 Å². The summed E-state index contributed by atoms with van der Waals surface area (Å²) in [6.07, 6.45) is -0.367. The quantitative estimate of drug-likeness (QED) is 0.458. The molecule has 3 rings (SSSR count). The first-order valence-electron chi connectivity index (χ1n) is 8.52.